The normalized spacial score (nSPS) is 16.7. The number of hydrogen-bond acceptors (Lipinski definition) is 11. The summed E-state index contributed by atoms with van der Waals surface area (Å²) in [6.45, 7) is 5.25. The number of aromatic nitrogens is 2. The van der Waals surface area contributed by atoms with Gasteiger partial charge in [-0.05, 0) is 131 Å². The summed E-state index contributed by atoms with van der Waals surface area (Å²) in [4.78, 5) is 14.4. The van der Waals surface area contributed by atoms with E-state index in [0.717, 1.165) is 55.1 Å². The highest BCUT2D eigenvalue weighted by Gasteiger charge is 2.48. The Labute approximate surface area is 381 Å². The molecule has 0 amide bonds. The van der Waals surface area contributed by atoms with Crippen molar-refractivity contribution in [3.8, 4) is 11.1 Å². The van der Waals surface area contributed by atoms with Gasteiger partial charge in [-0.2, -0.15) is 18.2 Å². The number of sulfone groups is 1. The van der Waals surface area contributed by atoms with Gasteiger partial charge in [0.15, 0.2) is 0 Å². The van der Waals surface area contributed by atoms with Crippen molar-refractivity contribution < 1.29 is 30.0 Å². The summed E-state index contributed by atoms with van der Waals surface area (Å²) in [6.07, 6.45) is 2.60. The first-order valence-corrected chi connectivity index (χ1v) is 25.0. The molecule has 0 saturated carbocycles. The molecule has 2 N–H and O–H groups in total. The van der Waals surface area contributed by atoms with Crippen LogP contribution in [-0.2, 0) is 39.4 Å². The van der Waals surface area contributed by atoms with E-state index in [-0.39, 0.29) is 28.2 Å². The van der Waals surface area contributed by atoms with Crippen molar-refractivity contribution in [3.05, 3.63) is 124 Å². The molecule has 4 aromatic carbocycles. The van der Waals surface area contributed by atoms with Gasteiger partial charge in [0.1, 0.15) is 10.7 Å². The number of piperidine rings is 1. The molecule has 3 heterocycles. The number of benzene rings is 4. The number of anilines is 2. The largest absolute Gasteiger partial charge is 0.501 e. The first-order valence-electron chi connectivity index (χ1n) is 20.4. The Morgan fingerprint density at radius 3 is 2.25 bits per heavy atom. The van der Waals surface area contributed by atoms with Crippen LogP contribution >= 0.6 is 35.0 Å². The molecule has 11 nitrogen and oxygen atoms in total. The highest BCUT2D eigenvalue weighted by Crippen LogP contribution is 2.38. The van der Waals surface area contributed by atoms with Crippen LogP contribution in [0.4, 0.5) is 24.7 Å². The zero-order valence-corrected chi connectivity index (χ0v) is 38.8. The van der Waals surface area contributed by atoms with Gasteiger partial charge in [-0.25, -0.2) is 21.8 Å². The molecule has 1 saturated heterocycles. The van der Waals surface area contributed by atoms with E-state index in [4.69, 9.17) is 23.2 Å². The smallest absolute Gasteiger partial charge is 0.381 e. The molecule has 0 spiro atoms. The highest BCUT2D eigenvalue weighted by atomic mass is 35.5. The minimum absolute atomic E-state index is 0.111. The van der Waals surface area contributed by atoms with Crippen molar-refractivity contribution in [2.75, 3.05) is 43.8 Å². The van der Waals surface area contributed by atoms with E-state index in [1.165, 1.54) is 11.1 Å². The van der Waals surface area contributed by atoms with Gasteiger partial charge in [0, 0.05) is 47.2 Å². The molecule has 63 heavy (non-hydrogen) atoms. The van der Waals surface area contributed by atoms with Crippen LogP contribution in [0.3, 0.4) is 0 Å². The Kier molecular flexibility index (Phi) is 14.7. The topological polar surface area (TPSA) is 128 Å². The van der Waals surface area contributed by atoms with Crippen LogP contribution in [0.5, 0.6) is 0 Å². The second kappa shape index (κ2) is 19.7. The van der Waals surface area contributed by atoms with Crippen LogP contribution < -0.4 is 10.0 Å². The van der Waals surface area contributed by atoms with E-state index in [1.807, 2.05) is 85.7 Å². The third-order valence-corrected chi connectivity index (χ3v) is 16.1. The fourth-order valence-corrected chi connectivity index (χ4v) is 11.7. The number of alkyl halides is 3. The first kappa shape index (κ1) is 47.0. The monoisotopic (exact) mass is 961 g/mol. The summed E-state index contributed by atoms with van der Waals surface area (Å²) in [5.41, 5.74) is -1.53. The average molecular weight is 963 g/mol. The molecule has 2 atom stereocenters. The molecule has 0 bridgehead atoms. The third kappa shape index (κ3) is 11.3. The summed E-state index contributed by atoms with van der Waals surface area (Å²) < 4.78 is 98.6. The molecule has 19 heteroatoms. The lowest BCUT2D eigenvalue weighted by atomic mass is 9.96. The summed E-state index contributed by atoms with van der Waals surface area (Å²) in [7, 11) is -6.95. The summed E-state index contributed by atoms with van der Waals surface area (Å²) in [5.74, 6) is -0.111. The Hall–Kier alpha value is -3.94. The van der Waals surface area contributed by atoms with Gasteiger partial charge in [-0.15, -0.1) is 11.8 Å². The van der Waals surface area contributed by atoms with Gasteiger partial charge >= 0.3 is 5.51 Å². The van der Waals surface area contributed by atoms with E-state index >= 15 is 0 Å². The van der Waals surface area contributed by atoms with Crippen molar-refractivity contribution in [1.29, 1.82) is 0 Å². The molecule has 336 valence electrons. The zero-order valence-electron chi connectivity index (χ0n) is 34.8. The SMILES string of the molecule is CC(CC(Sc1ccccc1)N(C)C)Nc1ccc(S(=O)(=O)Nc2nc(Cl)nc3c2CCN(C2CCN(Cc4ccccc4-c4ccc(Cl)cc4)CC2)C3)cc1S(=O)(=O)C(F)(F)F. The maximum atomic E-state index is 14.1. The highest BCUT2D eigenvalue weighted by molar-refractivity contribution is 7.99. The van der Waals surface area contributed by atoms with E-state index in [0.29, 0.717) is 48.3 Å². The molecule has 0 aliphatic carbocycles. The van der Waals surface area contributed by atoms with E-state index in [1.54, 1.807) is 18.7 Å². The standard InChI is InChI=1S/C44H48Cl2F3N7O4S3/c1-29(25-41(54(2)3)61-34-10-5-4-6-11-34)50-38-18-17-35(26-40(38)62(57,58)44(47,48)49)63(59,60)53-42-37-21-24-56(28-39(37)51-43(46)52-42)33-19-22-55(23-20-33)27-31-9-7-8-12-36(31)30-13-15-32(45)16-14-30/h4-18,26,29,33,41,50H,19-25,27-28H2,1-3H3,(H,51,52,53). The minimum Gasteiger partial charge on any atom is -0.381 e. The summed E-state index contributed by atoms with van der Waals surface area (Å²) in [5, 5.41) is 3.25. The number of sulfonamides is 1. The predicted molar refractivity (Wildman–Crippen MR) is 244 cm³/mol. The Morgan fingerprint density at radius 1 is 0.889 bits per heavy atom. The third-order valence-electron chi connectivity index (χ3n) is 11.3. The van der Waals surface area contributed by atoms with Crippen molar-refractivity contribution in [3.63, 3.8) is 0 Å². The fraction of sp³-hybridized carbons (Fsp3) is 0.364. The van der Waals surface area contributed by atoms with Gasteiger partial charge in [0.2, 0.25) is 5.28 Å². The molecule has 2 aliphatic rings. The lowest BCUT2D eigenvalue weighted by Crippen LogP contribution is -2.46. The first-order chi connectivity index (χ1) is 29.9. The zero-order chi connectivity index (χ0) is 45.1. The van der Waals surface area contributed by atoms with Gasteiger partial charge in [0.05, 0.1) is 21.7 Å². The van der Waals surface area contributed by atoms with Gasteiger partial charge < -0.3 is 5.32 Å². The number of thioether (sulfide) groups is 1. The number of likely N-dealkylation sites (tertiary alicyclic amines) is 1. The predicted octanol–water partition coefficient (Wildman–Crippen LogP) is 9.44. The van der Waals surface area contributed by atoms with E-state index in [2.05, 4.69) is 41.9 Å². The van der Waals surface area contributed by atoms with Crippen molar-refractivity contribution in [2.45, 2.75) is 83.3 Å². The molecule has 5 aromatic rings. The second-order valence-corrected chi connectivity index (χ2v) is 21.6. The van der Waals surface area contributed by atoms with Crippen LogP contribution in [0.15, 0.2) is 112 Å². The van der Waals surface area contributed by atoms with Crippen LogP contribution in [0, 0.1) is 0 Å². The molecule has 1 fully saturated rings. The molecule has 2 unspecified atom stereocenters. The van der Waals surface area contributed by atoms with Crippen LogP contribution in [0.1, 0.15) is 43.0 Å². The van der Waals surface area contributed by atoms with Crippen LogP contribution in [0.25, 0.3) is 11.1 Å². The number of rotatable bonds is 15. The van der Waals surface area contributed by atoms with Gasteiger partial charge in [-0.1, -0.05) is 66.2 Å². The fourth-order valence-electron chi connectivity index (χ4n) is 8.04. The van der Waals surface area contributed by atoms with Gasteiger partial charge in [-0.3, -0.25) is 19.4 Å². The van der Waals surface area contributed by atoms with Gasteiger partial charge in [0.25, 0.3) is 19.9 Å². The molecular formula is C44H48Cl2F3N7O4S3. The summed E-state index contributed by atoms with van der Waals surface area (Å²) >= 11 is 14.0. The Morgan fingerprint density at radius 2 is 1.57 bits per heavy atom. The van der Waals surface area contributed by atoms with Crippen molar-refractivity contribution in [2.24, 2.45) is 0 Å². The lowest BCUT2D eigenvalue weighted by Gasteiger charge is -2.40. The van der Waals surface area contributed by atoms with E-state index in [9.17, 15) is 30.0 Å². The van der Waals surface area contributed by atoms with E-state index < -0.39 is 41.2 Å². The Balaban J connectivity index is 1.04. The molecule has 7 rings (SSSR count). The quantitative estimate of drug-likeness (QED) is 0.0592. The van der Waals surface area contributed by atoms with Crippen molar-refractivity contribution >= 4 is 66.3 Å². The maximum Gasteiger partial charge on any atom is 0.501 e. The van der Waals surface area contributed by atoms with Crippen LogP contribution in [0.2, 0.25) is 10.3 Å². The lowest BCUT2D eigenvalue weighted by molar-refractivity contribution is -0.0435. The number of halogens is 5. The second-order valence-electron chi connectivity index (χ2n) is 16.0. The maximum absolute atomic E-state index is 14.1. The number of fused-ring (bicyclic) bond motifs is 1. The summed E-state index contributed by atoms with van der Waals surface area (Å²) in [6, 6.07) is 28.1. The van der Waals surface area contributed by atoms with Crippen LogP contribution in [-0.4, -0.2) is 98.2 Å². The number of hydrogen-bond donors (Lipinski definition) is 2. The molecular weight excluding hydrogens is 915 g/mol. The molecule has 0 radical (unpaired) electrons. The Bertz CT molecular complexity index is 2620. The molecule has 2 aliphatic heterocycles. The van der Waals surface area contributed by atoms with Crippen molar-refractivity contribution in [1.82, 2.24) is 24.7 Å². The molecule has 1 aromatic heterocycles. The number of nitrogens with zero attached hydrogens (tertiary/aromatic N) is 5. The average Bonchev–Trinajstić information content (AvgIpc) is 3.24. The number of nitrogens with one attached hydrogen (secondary N) is 2. The minimum atomic E-state index is -6.00.